The van der Waals surface area contributed by atoms with Crippen molar-refractivity contribution in [3.63, 3.8) is 0 Å². The van der Waals surface area contributed by atoms with Crippen LogP contribution >= 0.6 is 31.9 Å². The van der Waals surface area contributed by atoms with Crippen LogP contribution in [0.15, 0.2) is 81.2 Å². The van der Waals surface area contributed by atoms with E-state index >= 15 is 0 Å². The average molecular weight is 602 g/mol. The third-order valence-electron chi connectivity index (χ3n) is 7.78. The molecule has 0 saturated heterocycles. The van der Waals surface area contributed by atoms with Crippen LogP contribution in [-0.2, 0) is 4.79 Å². The minimum Gasteiger partial charge on any atom is -0.377 e. The van der Waals surface area contributed by atoms with E-state index in [1.54, 1.807) is 0 Å². The van der Waals surface area contributed by atoms with Crippen LogP contribution in [0, 0.1) is 6.92 Å². The number of amides is 1. The molecule has 0 bridgehead atoms. The number of carbonyl (C=O) groups excluding carboxylic acids is 1. The maximum Gasteiger partial charge on any atom is 0.233 e. The molecule has 2 atom stereocenters. The zero-order valence-corrected chi connectivity index (χ0v) is 23.8. The van der Waals surface area contributed by atoms with E-state index in [9.17, 15) is 4.79 Å². The molecule has 0 spiro atoms. The molecule has 1 N–H and O–H groups in total. The Bertz CT molecular complexity index is 1620. The molecule has 36 heavy (non-hydrogen) atoms. The van der Waals surface area contributed by atoms with Crippen LogP contribution in [0.4, 0.5) is 11.4 Å². The number of benzene rings is 4. The van der Waals surface area contributed by atoms with Gasteiger partial charge in [-0.3, -0.25) is 4.79 Å². The van der Waals surface area contributed by atoms with Gasteiger partial charge in [-0.2, -0.15) is 0 Å². The predicted octanol–water partition coefficient (Wildman–Crippen LogP) is 8.39. The number of anilines is 2. The Kier molecular flexibility index (Phi) is 5.62. The number of rotatable bonds is 3. The highest BCUT2D eigenvalue weighted by molar-refractivity contribution is 9.11. The number of carbonyl (C=O) groups is 1. The van der Waals surface area contributed by atoms with Crippen molar-refractivity contribution >= 4 is 65.5 Å². The zero-order chi connectivity index (χ0) is 25.3. The van der Waals surface area contributed by atoms with E-state index in [-0.39, 0.29) is 17.7 Å². The van der Waals surface area contributed by atoms with E-state index in [0.717, 1.165) is 25.8 Å². The second-order valence-electron chi connectivity index (χ2n) is 9.92. The number of allylic oxidation sites excluding steroid dienone is 1. The first-order valence-corrected chi connectivity index (χ1v) is 13.7. The van der Waals surface area contributed by atoms with Crippen molar-refractivity contribution in [2.45, 2.75) is 25.7 Å². The Balaban J connectivity index is 1.62. The summed E-state index contributed by atoms with van der Waals surface area (Å²) in [6.07, 6.45) is 0. The highest BCUT2D eigenvalue weighted by Gasteiger charge is 2.45. The van der Waals surface area contributed by atoms with Gasteiger partial charge in [0.2, 0.25) is 5.91 Å². The maximum absolute atomic E-state index is 13.6. The quantitative estimate of drug-likeness (QED) is 0.256. The minimum atomic E-state index is -0.292. The molecule has 0 radical (unpaired) electrons. The fourth-order valence-electron chi connectivity index (χ4n) is 6.18. The first-order valence-electron chi connectivity index (χ1n) is 12.1. The van der Waals surface area contributed by atoms with Gasteiger partial charge < -0.3 is 10.2 Å². The van der Waals surface area contributed by atoms with Gasteiger partial charge in [-0.15, -0.1) is 0 Å². The van der Waals surface area contributed by atoms with Gasteiger partial charge in [0.05, 0.1) is 11.6 Å². The molecule has 1 amide bonds. The van der Waals surface area contributed by atoms with E-state index in [2.05, 4.69) is 131 Å². The van der Waals surface area contributed by atoms with Crippen LogP contribution in [0.1, 0.15) is 46.6 Å². The molecule has 1 heterocycles. The normalized spacial score (nSPS) is 18.4. The molecule has 2 unspecified atom stereocenters. The third kappa shape index (κ3) is 3.32. The summed E-state index contributed by atoms with van der Waals surface area (Å²) in [5, 5.41) is 5.64. The molecular formula is C31H26Br2N2O. The lowest BCUT2D eigenvalue weighted by atomic mass is 9.79. The molecular weight excluding hydrogens is 576 g/mol. The number of nitrogens with one attached hydrogen (secondary N) is 1. The highest BCUT2D eigenvalue weighted by atomic mass is 79.9. The lowest BCUT2D eigenvalue weighted by Crippen LogP contribution is -2.20. The minimum absolute atomic E-state index is 0.0374. The van der Waals surface area contributed by atoms with Crippen LogP contribution in [0.3, 0.4) is 0 Å². The molecule has 2 aliphatic rings. The first kappa shape index (κ1) is 23.5. The van der Waals surface area contributed by atoms with Crippen LogP contribution in [0.25, 0.3) is 16.3 Å². The Morgan fingerprint density at radius 3 is 2.25 bits per heavy atom. The lowest BCUT2D eigenvalue weighted by molar-refractivity contribution is -0.117. The van der Waals surface area contributed by atoms with Crippen LogP contribution in [-0.4, -0.2) is 20.0 Å². The SMILES string of the molecule is CC1=C(c2ccc(N(C)C)c3ccccc23)c2ccccc2C1C1C(=O)Nc2c(Br)cc(Br)c(C)c21. The number of hydrogen-bond donors (Lipinski definition) is 1. The molecule has 0 aromatic heterocycles. The second-order valence-corrected chi connectivity index (χ2v) is 11.6. The molecule has 3 nitrogen and oxygen atoms in total. The molecule has 4 aromatic rings. The molecule has 5 heteroatoms. The molecule has 1 aliphatic heterocycles. The topological polar surface area (TPSA) is 32.3 Å². The van der Waals surface area contributed by atoms with Crippen LogP contribution < -0.4 is 10.2 Å². The largest absolute Gasteiger partial charge is 0.377 e. The smallest absolute Gasteiger partial charge is 0.233 e. The maximum atomic E-state index is 13.6. The highest BCUT2D eigenvalue weighted by Crippen LogP contribution is 2.56. The van der Waals surface area contributed by atoms with Gasteiger partial charge in [0, 0.05) is 40.0 Å². The van der Waals surface area contributed by atoms with Crippen molar-refractivity contribution in [3.8, 4) is 0 Å². The summed E-state index contributed by atoms with van der Waals surface area (Å²) < 4.78 is 1.91. The van der Waals surface area contributed by atoms with Crippen molar-refractivity contribution in [1.82, 2.24) is 0 Å². The molecule has 0 fully saturated rings. The van der Waals surface area contributed by atoms with E-state index in [1.165, 1.54) is 44.3 Å². The number of hydrogen-bond acceptors (Lipinski definition) is 2. The van der Waals surface area contributed by atoms with Crippen LogP contribution in [0.2, 0.25) is 0 Å². The second kappa shape index (κ2) is 8.60. The average Bonchev–Trinajstić information content (AvgIpc) is 3.35. The van der Waals surface area contributed by atoms with E-state index in [0.29, 0.717) is 0 Å². The van der Waals surface area contributed by atoms with Gasteiger partial charge in [0.1, 0.15) is 0 Å². The number of fused-ring (bicyclic) bond motifs is 3. The van der Waals surface area contributed by atoms with Crippen molar-refractivity contribution in [3.05, 3.63) is 109 Å². The molecule has 1 aliphatic carbocycles. The molecule has 180 valence electrons. The van der Waals surface area contributed by atoms with Crippen molar-refractivity contribution in [1.29, 1.82) is 0 Å². The Morgan fingerprint density at radius 1 is 0.806 bits per heavy atom. The monoisotopic (exact) mass is 600 g/mol. The van der Waals surface area contributed by atoms with Crippen molar-refractivity contribution in [2.24, 2.45) is 0 Å². The van der Waals surface area contributed by atoms with Gasteiger partial charge in [0.15, 0.2) is 0 Å². The van der Waals surface area contributed by atoms with Crippen molar-refractivity contribution in [2.75, 3.05) is 24.3 Å². The van der Waals surface area contributed by atoms with E-state index in [4.69, 9.17) is 0 Å². The fraction of sp³-hybridized carbons (Fsp3) is 0.194. The van der Waals surface area contributed by atoms with Crippen LogP contribution in [0.5, 0.6) is 0 Å². The molecule has 6 rings (SSSR count). The van der Waals surface area contributed by atoms with E-state index in [1.807, 2.05) is 6.07 Å². The first-order chi connectivity index (χ1) is 17.3. The van der Waals surface area contributed by atoms with Gasteiger partial charge in [-0.1, -0.05) is 76.1 Å². The van der Waals surface area contributed by atoms with Gasteiger partial charge in [-0.05, 0) is 80.7 Å². The van der Waals surface area contributed by atoms with Gasteiger partial charge in [-0.25, -0.2) is 0 Å². The summed E-state index contributed by atoms with van der Waals surface area (Å²) in [6, 6.07) is 23.7. The summed E-state index contributed by atoms with van der Waals surface area (Å²) >= 11 is 7.39. The van der Waals surface area contributed by atoms with Gasteiger partial charge in [0.25, 0.3) is 0 Å². The Morgan fingerprint density at radius 2 is 1.50 bits per heavy atom. The summed E-state index contributed by atoms with van der Waals surface area (Å²) in [7, 11) is 4.17. The number of halogens is 2. The summed E-state index contributed by atoms with van der Waals surface area (Å²) in [5.74, 6) is -0.274. The standard InChI is InChI=1S/C31H26Br2N2O/c1-16-23(32)15-24(33)30-28(16)29(31(36)34-30)27-17(2)26(20-11-7-8-12-21(20)27)22-13-14-25(35(3)4)19-10-6-5-9-18(19)22/h5-15,27,29H,1-4H3,(H,34,36). The number of nitrogens with zero attached hydrogens (tertiary/aromatic N) is 1. The summed E-state index contributed by atoms with van der Waals surface area (Å²) in [6.45, 7) is 4.30. The Labute approximate surface area is 228 Å². The summed E-state index contributed by atoms with van der Waals surface area (Å²) in [4.78, 5) is 15.8. The lowest BCUT2D eigenvalue weighted by Gasteiger charge is -2.23. The van der Waals surface area contributed by atoms with Gasteiger partial charge >= 0.3 is 0 Å². The van der Waals surface area contributed by atoms with Crippen molar-refractivity contribution < 1.29 is 4.79 Å². The molecule has 4 aromatic carbocycles. The third-order valence-corrected chi connectivity index (χ3v) is 9.23. The zero-order valence-electron chi connectivity index (χ0n) is 20.6. The molecule has 0 saturated carbocycles. The fourth-order valence-corrected chi connectivity index (χ4v) is 7.47. The Hall–Kier alpha value is -2.89. The predicted molar refractivity (Wildman–Crippen MR) is 157 cm³/mol. The van der Waals surface area contributed by atoms with E-state index < -0.39 is 0 Å². The summed E-state index contributed by atoms with van der Waals surface area (Å²) in [5.41, 5.74) is 10.4.